The van der Waals surface area contributed by atoms with Crippen molar-refractivity contribution in [3.8, 4) is 0 Å². The van der Waals surface area contributed by atoms with Crippen LogP contribution in [0.2, 0.25) is 0 Å². The lowest BCUT2D eigenvalue weighted by atomic mass is 10.3. The quantitative estimate of drug-likeness (QED) is 0.796. The largest absolute Gasteiger partial charge is 0.351 e. The van der Waals surface area contributed by atoms with Crippen LogP contribution in [0.3, 0.4) is 0 Å². The minimum Gasteiger partial charge on any atom is -0.351 e. The number of nitrogens with zero attached hydrogens (tertiary/aromatic N) is 1. The van der Waals surface area contributed by atoms with E-state index in [4.69, 9.17) is 5.14 Å². The van der Waals surface area contributed by atoms with Crippen molar-refractivity contribution < 1.29 is 13.2 Å². The molecule has 0 unspecified atom stereocenters. The molecule has 0 atom stereocenters. The number of carbonyl (C=O) groups is 1. The van der Waals surface area contributed by atoms with Crippen LogP contribution in [0.5, 0.6) is 0 Å². The predicted molar refractivity (Wildman–Crippen MR) is 64.1 cm³/mol. The molecule has 17 heavy (non-hydrogen) atoms. The summed E-state index contributed by atoms with van der Waals surface area (Å²) in [4.78, 5) is 11.7. The Labute approximate surface area is 101 Å². The second kappa shape index (κ2) is 5.33. The zero-order chi connectivity index (χ0) is 13.1. The standard InChI is InChI=1S/C10H17N3O3S/c1-3-5-12-10(14)9-6-8(17(11,15)16)7-13(9)4-2/h6-7H,3-5H2,1-2H3,(H,12,14)(H2,11,15,16). The van der Waals surface area contributed by atoms with Gasteiger partial charge in [0.1, 0.15) is 10.6 Å². The third kappa shape index (κ3) is 3.31. The second-order valence-corrected chi connectivity index (χ2v) is 5.21. The van der Waals surface area contributed by atoms with Crippen LogP contribution >= 0.6 is 0 Å². The molecule has 0 bridgehead atoms. The van der Waals surface area contributed by atoms with Crippen LogP contribution in [0.25, 0.3) is 0 Å². The molecule has 0 radical (unpaired) electrons. The van der Waals surface area contributed by atoms with E-state index >= 15 is 0 Å². The number of nitrogens with one attached hydrogen (secondary N) is 1. The van der Waals surface area contributed by atoms with Gasteiger partial charge in [0.2, 0.25) is 10.0 Å². The zero-order valence-corrected chi connectivity index (χ0v) is 10.8. The Morgan fingerprint density at radius 3 is 2.59 bits per heavy atom. The number of aromatic nitrogens is 1. The highest BCUT2D eigenvalue weighted by atomic mass is 32.2. The van der Waals surface area contributed by atoms with Crippen LogP contribution in [-0.2, 0) is 16.6 Å². The molecular formula is C10H17N3O3S. The fraction of sp³-hybridized carbons (Fsp3) is 0.500. The summed E-state index contributed by atoms with van der Waals surface area (Å²) >= 11 is 0. The summed E-state index contributed by atoms with van der Waals surface area (Å²) in [5.41, 5.74) is 0.310. The van der Waals surface area contributed by atoms with E-state index in [0.717, 1.165) is 6.42 Å². The first-order valence-corrected chi connectivity index (χ1v) is 6.96. The number of aryl methyl sites for hydroxylation is 1. The van der Waals surface area contributed by atoms with Gasteiger partial charge in [-0.25, -0.2) is 13.6 Å². The molecule has 0 aliphatic heterocycles. The predicted octanol–water partition coefficient (Wildman–Crippen LogP) is 0.295. The maximum atomic E-state index is 11.8. The molecule has 6 nitrogen and oxygen atoms in total. The summed E-state index contributed by atoms with van der Waals surface area (Å²) in [7, 11) is -3.77. The Balaban J connectivity index is 3.07. The number of hydrogen-bond donors (Lipinski definition) is 2. The number of primary sulfonamides is 1. The minimum atomic E-state index is -3.77. The molecule has 0 saturated carbocycles. The van der Waals surface area contributed by atoms with Gasteiger partial charge in [0.25, 0.3) is 5.91 Å². The number of nitrogens with two attached hydrogens (primary N) is 1. The number of rotatable bonds is 5. The van der Waals surface area contributed by atoms with Crippen molar-refractivity contribution in [3.05, 3.63) is 18.0 Å². The fourth-order valence-corrected chi connectivity index (χ4v) is 1.97. The van der Waals surface area contributed by atoms with Gasteiger partial charge in [-0.1, -0.05) is 6.92 Å². The Morgan fingerprint density at radius 2 is 2.12 bits per heavy atom. The highest BCUT2D eigenvalue weighted by Crippen LogP contribution is 2.13. The van der Waals surface area contributed by atoms with Gasteiger partial charge in [-0.2, -0.15) is 0 Å². The Bertz CT molecular complexity index is 505. The lowest BCUT2D eigenvalue weighted by molar-refractivity contribution is 0.0944. The fourth-order valence-electron chi connectivity index (χ4n) is 1.42. The number of sulfonamides is 1. The molecule has 0 saturated heterocycles. The summed E-state index contributed by atoms with van der Waals surface area (Å²) < 4.78 is 23.9. The van der Waals surface area contributed by atoms with Crippen molar-refractivity contribution in [2.75, 3.05) is 6.54 Å². The van der Waals surface area contributed by atoms with Crippen molar-refractivity contribution in [2.45, 2.75) is 31.7 Å². The first kappa shape index (κ1) is 13.7. The molecule has 0 aromatic carbocycles. The van der Waals surface area contributed by atoms with Crippen molar-refractivity contribution >= 4 is 15.9 Å². The van der Waals surface area contributed by atoms with Crippen LogP contribution in [-0.4, -0.2) is 25.4 Å². The van der Waals surface area contributed by atoms with Crippen molar-refractivity contribution in [3.63, 3.8) is 0 Å². The highest BCUT2D eigenvalue weighted by molar-refractivity contribution is 7.89. The zero-order valence-electron chi connectivity index (χ0n) is 9.93. The molecule has 0 aliphatic carbocycles. The summed E-state index contributed by atoms with van der Waals surface area (Å²) in [5.74, 6) is -0.288. The molecule has 3 N–H and O–H groups in total. The SMILES string of the molecule is CCCNC(=O)c1cc(S(N)(=O)=O)cn1CC. The molecule has 0 fully saturated rings. The Kier molecular flexibility index (Phi) is 4.30. The average Bonchev–Trinajstić information content (AvgIpc) is 2.69. The summed E-state index contributed by atoms with van der Waals surface area (Å²) in [6.45, 7) is 4.82. The van der Waals surface area contributed by atoms with E-state index in [0.29, 0.717) is 18.8 Å². The minimum absolute atomic E-state index is 0.0407. The van der Waals surface area contributed by atoms with E-state index in [9.17, 15) is 13.2 Å². The molecule has 96 valence electrons. The summed E-state index contributed by atoms with van der Waals surface area (Å²) in [5, 5.41) is 7.71. The number of hydrogen-bond acceptors (Lipinski definition) is 3. The Hall–Kier alpha value is -1.34. The molecule has 0 spiro atoms. The van der Waals surface area contributed by atoms with E-state index < -0.39 is 10.0 Å². The maximum Gasteiger partial charge on any atom is 0.267 e. The molecular weight excluding hydrogens is 242 g/mol. The van der Waals surface area contributed by atoms with E-state index in [-0.39, 0.29) is 10.8 Å². The van der Waals surface area contributed by atoms with Gasteiger partial charge in [-0.15, -0.1) is 0 Å². The van der Waals surface area contributed by atoms with Crippen molar-refractivity contribution in [1.82, 2.24) is 9.88 Å². The van der Waals surface area contributed by atoms with Crippen LogP contribution < -0.4 is 10.5 Å². The van der Waals surface area contributed by atoms with E-state index in [2.05, 4.69) is 5.32 Å². The van der Waals surface area contributed by atoms with Crippen LogP contribution in [0, 0.1) is 0 Å². The number of carbonyl (C=O) groups excluding carboxylic acids is 1. The lowest BCUT2D eigenvalue weighted by Crippen LogP contribution is -2.26. The van der Waals surface area contributed by atoms with Gasteiger partial charge < -0.3 is 9.88 Å². The molecule has 0 aliphatic rings. The van der Waals surface area contributed by atoms with Gasteiger partial charge in [-0.05, 0) is 19.4 Å². The van der Waals surface area contributed by atoms with Gasteiger partial charge in [-0.3, -0.25) is 4.79 Å². The lowest BCUT2D eigenvalue weighted by Gasteiger charge is -2.05. The monoisotopic (exact) mass is 259 g/mol. The smallest absolute Gasteiger partial charge is 0.267 e. The Morgan fingerprint density at radius 1 is 1.47 bits per heavy atom. The topological polar surface area (TPSA) is 94.2 Å². The molecule has 1 heterocycles. The van der Waals surface area contributed by atoms with Gasteiger partial charge in [0.15, 0.2) is 0 Å². The molecule has 1 aromatic rings. The first-order chi connectivity index (χ1) is 7.90. The van der Waals surface area contributed by atoms with Crippen LogP contribution in [0.15, 0.2) is 17.2 Å². The van der Waals surface area contributed by atoms with Gasteiger partial charge >= 0.3 is 0 Å². The highest BCUT2D eigenvalue weighted by Gasteiger charge is 2.17. The molecule has 1 rings (SSSR count). The van der Waals surface area contributed by atoms with E-state index in [1.165, 1.54) is 12.3 Å². The third-order valence-corrected chi connectivity index (χ3v) is 3.19. The third-order valence-electron chi connectivity index (χ3n) is 2.31. The van der Waals surface area contributed by atoms with Crippen molar-refractivity contribution in [2.24, 2.45) is 5.14 Å². The van der Waals surface area contributed by atoms with Crippen LogP contribution in [0.1, 0.15) is 30.8 Å². The normalized spacial score (nSPS) is 11.5. The van der Waals surface area contributed by atoms with E-state index in [1.54, 1.807) is 4.57 Å². The van der Waals surface area contributed by atoms with E-state index in [1.807, 2.05) is 13.8 Å². The summed E-state index contributed by atoms with van der Waals surface area (Å²) in [6.07, 6.45) is 2.19. The summed E-state index contributed by atoms with van der Waals surface area (Å²) in [6, 6.07) is 1.30. The molecule has 7 heteroatoms. The van der Waals surface area contributed by atoms with Crippen LogP contribution in [0.4, 0.5) is 0 Å². The second-order valence-electron chi connectivity index (χ2n) is 3.65. The van der Waals surface area contributed by atoms with Gasteiger partial charge in [0.05, 0.1) is 0 Å². The maximum absolute atomic E-state index is 11.8. The first-order valence-electron chi connectivity index (χ1n) is 5.41. The average molecular weight is 259 g/mol. The molecule has 1 amide bonds. The molecule has 1 aromatic heterocycles. The van der Waals surface area contributed by atoms with Gasteiger partial charge in [0, 0.05) is 19.3 Å². The van der Waals surface area contributed by atoms with Crippen molar-refractivity contribution in [1.29, 1.82) is 0 Å². The number of amides is 1.